The number of hydrogen-bond acceptors (Lipinski definition) is 3. The zero-order chi connectivity index (χ0) is 14.7. The van der Waals surface area contributed by atoms with Crippen LogP contribution in [-0.2, 0) is 13.0 Å². The molecule has 1 aliphatic carbocycles. The van der Waals surface area contributed by atoms with Crippen molar-refractivity contribution in [2.24, 2.45) is 0 Å². The first kappa shape index (κ1) is 14.2. The summed E-state index contributed by atoms with van der Waals surface area (Å²) < 4.78 is 0. The normalized spacial score (nSPS) is 21.3. The number of aromatic nitrogens is 1. The molecular weight excluding hydrogens is 258 g/mol. The second kappa shape index (κ2) is 6.37. The van der Waals surface area contributed by atoms with Crippen LogP contribution in [0.2, 0.25) is 0 Å². The van der Waals surface area contributed by atoms with Gasteiger partial charge in [0.15, 0.2) is 0 Å². The Morgan fingerprint density at radius 1 is 1.19 bits per heavy atom. The van der Waals surface area contributed by atoms with Gasteiger partial charge in [-0.2, -0.15) is 0 Å². The van der Waals surface area contributed by atoms with Crippen LogP contribution in [0, 0.1) is 0 Å². The van der Waals surface area contributed by atoms with Gasteiger partial charge in [-0.3, -0.25) is 9.88 Å². The molecule has 2 unspecified atom stereocenters. The van der Waals surface area contributed by atoms with Crippen LogP contribution in [0.25, 0.3) is 0 Å². The van der Waals surface area contributed by atoms with Crippen LogP contribution in [0.15, 0.2) is 48.8 Å². The van der Waals surface area contributed by atoms with Gasteiger partial charge in [-0.25, -0.2) is 0 Å². The number of nitrogens with one attached hydrogen (secondary N) is 1. The Kier molecular flexibility index (Phi) is 4.32. The van der Waals surface area contributed by atoms with E-state index in [9.17, 15) is 0 Å². The van der Waals surface area contributed by atoms with E-state index in [2.05, 4.69) is 65.7 Å². The summed E-state index contributed by atoms with van der Waals surface area (Å²) in [6, 6.07) is 14.0. The predicted octanol–water partition coefficient (Wildman–Crippen LogP) is 2.79. The number of aryl methyl sites for hydroxylation is 1. The number of pyridine rings is 1. The number of benzene rings is 1. The molecule has 1 aliphatic rings. The van der Waals surface area contributed by atoms with Crippen LogP contribution in [-0.4, -0.2) is 30.0 Å². The van der Waals surface area contributed by atoms with Crippen molar-refractivity contribution in [2.75, 3.05) is 14.1 Å². The molecule has 2 atom stereocenters. The Hall–Kier alpha value is -1.71. The Balaban J connectivity index is 1.79. The average molecular weight is 281 g/mol. The molecule has 2 aromatic rings. The molecule has 3 heteroatoms. The molecule has 0 aliphatic heterocycles. The highest BCUT2D eigenvalue weighted by Gasteiger charge is 2.30. The second-order valence-corrected chi connectivity index (χ2v) is 5.84. The van der Waals surface area contributed by atoms with Crippen LogP contribution in [0.5, 0.6) is 0 Å². The first-order chi connectivity index (χ1) is 10.3. The van der Waals surface area contributed by atoms with Crippen LogP contribution >= 0.6 is 0 Å². The lowest BCUT2D eigenvalue weighted by Crippen LogP contribution is -2.44. The van der Waals surface area contributed by atoms with E-state index in [0.29, 0.717) is 12.1 Å². The molecule has 0 radical (unpaired) electrons. The van der Waals surface area contributed by atoms with Crippen LogP contribution < -0.4 is 5.32 Å². The molecule has 21 heavy (non-hydrogen) atoms. The third kappa shape index (κ3) is 2.99. The van der Waals surface area contributed by atoms with Gasteiger partial charge in [0, 0.05) is 31.0 Å². The van der Waals surface area contributed by atoms with Gasteiger partial charge in [0.1, 0.15) is 0 Å². The Labute approximate surface area is 127 Å². The fourth-order valence-electron chi connectivity index (χ4n) is 3.46. The highest BCUT2D eigenvalue weighted by atomic mass is 15.2. The highest BCUT2D eigenvalue weighted by Crippen LogP contribution is 2.32. The zero-order valence-corrected chi connectivity index (χ0v) is 12.8. The summed E-state index contributed by atoms with van der Waals surface area (Å²) in [4.78, 5) is 6.56. The molecule has 0 saturated heterocycles. The first-order valence-corrected chi connectivity index (χ1v) is 7.64. The van der Waals surface area contributed by atoms with Crippen molar-refractivity contribution in [3.63, 3.8) is 0 Å². The second-order valence-electron chi connectivity index (χ2n) is 5.84. The third-order valence-corrected chi connectivity index (χ3v) is 4.54. The van der Waals surface area contributed by atoms with Crippen LogP contribution in [0.4, 0.5) is 0 Å². The van der Waals surface area contributed by atoms with Crippen molar-refractivity contribution >= 4 is 0 Å². The molecule has 1 aromatic heterocycles. The van der Waals surface area contributed by atoms with Gasteiger partial charge in [-0.15, -0.1) is 0 Å². The molecule has 1 N–H and O–H groups in total. The first-order valence-electron chi connectivity index (χ1n) is 7.64. The smallest absolute Gasteiger partial charge is 0.0478 e. The summed E-state index contributed by atoms with van der Waals surface area (Å²) in [7, 11) is 4.30. The van der Waals surface area contributed by atoms with Crippen molar-refractivity contribution in [1.29, 1.82) is 0 Å². The van der Waals surface area contributed by atoms with Crippen molar-refractivity contribution in [3.05, 3.63) is 65.5 Å². The molecule has 0 spiro atoms. The SMILES string of the molecule is CNC1c2ccccc2CCC1N(C)Cc1ccncc1. The standard InChI is InChI=1S/C18H23N3/c1-19-18-16-6-4-3-5-15(16)7-8-17(18)21(2)13-14-9-11-20-12-10-14/h3-6,9-12,17-19H,7-8,13H2,1-2H3. The summed E-state index contributed by atoms with van der Waals surface area (Å²) in [5.41, 5.74) is 4.27. The minimum atomic E-state index is 0.404. The minimum absolute atomic E-state index is 0.404. The lowest BCUT2D eigenvalue weighted by atomic mass is 9.83. The molecule has 110 valence electrons. The molecule has 3 nitrogen and oxygen atoms in total. The van der Waals surface area contributed by atoms with Crippen molar-refractivity contribution < 1.29 is 0 Å². The van der Waals surface area contributed by atoms with Crippen molar-refractivity contribution in [1.82, 2.24) is 15.2 Å². The monoisotopic (exact) mass is 281 g/mol. The quantitative estimate of drug-likeness (QED) is 0.934. The van der Waals surface area contributed by atoms with E-state index in [-0.39, 0.29) is 0 Å². The van der Waals surface area contributed by atoms with Gasteiger partial charge in [0.25, 0.3) is 0 Å². The van der Waals surface area contributed by atoms with E-state index in [4.69, 9.17) is 0 Å². The van der Waals surface area contributed by atoms with E-state index in [1.807, 2.05) is 12.4 Å². The third-order valence-electron chi connectivity index (χ3n) is 4.54. The van der Waals surface area contributed by atoms with Crippen LogP contribution in [0.1, 0.15) is 29.2 Å². The van der Waals surface area contributed by atoms with Gasteiger partial charge < -0.3 is 5.32 Å². The predicted molar refractivity (Wildman–Crippen MR) is 86.1 cm³/mol. The van der Waals surface area contributed by atoms with E-state index in [1.165, 1.54) is 29.5 Å². The lowest BCUT2D eigenvalue weighted by molar-refractivity contribution is 0.170. The average Bonchev–Trinajstić information content (AvgIpc) is 2.54. The maximum Gasteiger partial charge on any atom is 0.0478 e. The van der Waals surface area contributed by atoms with Crippen LogP contribution in [0.3, 0.4) is 0 Å². The van der Waals surface area contributed by atoms with E-state index < -0.39 is 0 Å². The van der Waals surface area contributed by atoms with Gasteiger partial charge in [0.05, 0.1) is 0 Å². The molecule has 0 fully saturated rings. The van der Waals surface area contributed by atoms with Gasteiger partial charge >= 0.3 is 0 Å². The van der Waals surface area contributed by atoms with Gasteiger partial charge in [-0.1, -0.05) is 24.3 Å². The van der Waals surface area contributed by atoms with Crippen molar-refractivity contribution in [3.8, 4) is 0 Å². The summed E-state index contributed by atoms with van der Waals surface area (Å²) in [5.74, 6) is 0. The molecular formula is C18H23N3. The zero-order valence-electron chi connectivity index (χ0n) is 12.8. The molecule has 3 rings (SSSR count). The fraction of sp³-hybridized carbons (Fsp3) is 0.389. The lowest BCUT2D eigenvalue weighted by Gasteiger charge is -2.39. The van der Waals surface area contributed by atoms with Gasteiger partial charge in [0.2, 0.25) is 0 Å². The van der Waals surface area contributed by atoms with Crippen molar-refractivity contribution in [2.45, 2.75) is 31.5 Å². The Morgan fingerprint density at radius 3 is 2.71 bits per heavy atom. The maximum atomic E-state index is 4.10. The molecule has 0 amide bonds. The Morgan fingerprint density at radius 2 is 1.95 bits per heavy atom. The highest BCUT2D eigenvalue weighted by molar-refractivity contribution is 5.34. The molecule has 0 saturated carbocycles. The minimum Gasteiger partial charge on any atom is -0.312 e. The van der Waals surface area contributed by atoms with E-state index in [1.54, 1.807) is 0 Å². The summed E-state index contributed by atoms with van der Waals surface area (Å²) in [5, 5.41) is 3.52. The number of fused-ring (bicyclic) bond motifs is 1. The number of nitrogens with zero attached hydrogens (tertiary/aromatic N) is 2. The summed E-state index contributed by atoms with van der Waals surface area (Å²) in [6.45, 7) is 0.966. The largest absolute Gasteiger partial charge is 0.312 e. The number of likely N-dealkylation sites (N-methyl/N-ethyl adjacent to an activating group) is 2. The molecule has 1 heterocycles. The molecule has 1 aromatic carbocycles. The topological polar surface area (TPSA) is 28.2 Å². The Bertz CT molecular complexity index is 582. The molecule has 0 bridgehead atoms. The maximum absolute atomic E-state index is 4.10. The number of hydrogen-bond donors (Lipinski definition) is 1. The number of rotatable bonds is 4. The van der Waals surface area contributed by atoms with Gasteiger partial charge in [-0.05, 0) is 55.8 Å². The summed E-state index contributed by atoms with van der Waals surface area (Å²) >= 11 is 0. The van der Waals surface area contributed by atoms with E-state index in [0.717, 1.165) is 6.54 Å². The summed E-state index contributed by atoms with van der Waals surface area (Å²) in [6.07, 6.45) is 6.10. The van der Waals surface area contributed by atoms with E-state index >= 15 is 0 Å². The fourth-order valence-corrected chi connectivity index (χ4v) is 3.46.